The summed E-state index contributed by atoms with van der Waals surface area (Å²) in [6.07, 6.45) is 5.20. The molecule has 1 aromatic carbocycles. The van der Waals surface area contributed by atoms with Gasteiger partial charge in [-0.25, -0.2) is 4.98 Å². The van der Waals surface area contributed by atoms with Gasteiger partial charge in [0.1, 0.15) is 6.20 Å². The number of hydrogen-bond acceptors (Lipinski definition) is 3. The molecular weight excluding hydrogens is 264 g/mol. The van der Waals surface area contributed by atoms with Crippen molar-refractivity contribution in [1.82, 2.24) is 14.9 Å². The van der Waals surface area contributed by atoms with Crippen LogP contribution in [0.4, 0.5) is 0 Å². The van der Waals surface area contributed by atoms with E-state index in [1.165, 1.54) is 5.56 Å². The lowest BCUT2D eigenvalue weighted by Gasteiger charge is -2.20. The minimum atomic E-state index is -0.519. The second-order valence-corrected chi connectivity index (χ2v) is 5.24. The van der Waals surface area contributed by atoms with Crippen LogP contribution in [0.1, 0.15) is 42.5 Å². The third-order valence-corrected chi connectivity index (χ3v) is 3.51. The summed E-state index contributed by atoms with van der Waals surface area (Å²) >= 11 is 0. The van der Waals surface area contributed by atoms with Gasteiger partial charge in [-0.3, -0.25) is 4.79 Å². The van der Waals surface area contributed by atoms with Gasteiger partial charge in [0.25, 0.3) is 5.91 Å². The van der Waals surface area contributed by atoms with Gasteiger partial charge in [-0.2, -0.15) is 0 Å². The van der Waals surface area contributed by atoms with Crippen molar-refractivity contribution in [2.24, 2.45) is 5.73 Å². The molecule has 1 radical (unpaired) electrons. The zero-order valence-corrected chi connectivity index (χ0v) is 12.4. The summed E-state index contributed by atoms with van der Waals surface area (Å²) in [5.74, 6) is -0.257. The fourth-order valence-electron chi connectivity index (χ4n) is 2.33. The topological polar surface area (TPSA) is 72.9 Å². The van der Waals surface area contributed by atoms with Crippen molar-refractivity contribution >= 4 is 5.91 Å². The quantitative estimate of drug-likeness (QED) is 0.816. The molecule has 0 bridgehead atoms. The molecule has 1 amide bonds. The maximum atomic E-state index is 11.2. The normalized spacial score (nSPS) is 13.8. The highest BCUT2D eigenvalue weighted by atomic mass is 16.1. The molecule has 0 spiro atoms. The van der Waals surface area contributed by atoms with Gasteiger partial charge in [-0.1, -0.05) is 30.3 Å². The average molecular weight is 285 g/mol. The first-order valence-electron chi connectivity index (χ1n) is 7.12. The third-order valence-electron chi connectivity index (χ3n) is 3.51. The number of imidazole rings is 1. The van der Waals surface area contributed by atoms with Gasteiger partial charge in [0.2, 0.25) is 0 Å². The Morgan fingerprint density at radius 3 is 2.76 bits per heavy atom. The Morgan fingerprint density at radius 2 is 2.10 bits per heavy atom. The molecule has 5 nitrogen and oxygen atoms in total. The van der Waals surface area contributed by atoms with E-state index < -0.39 is 5.91 Å². The minimum absolute atomic E-state index is 0.262. The molecule has 1 unspecified atom stereocenters. The van der Waals surface area contributed by atoms with Gasteiger partial charge in [-0.15, -0.1) is 0 Å². The SMILES string of the molecule is CC(CCn1c[c]nc1C(N)=O)N[C@@H](C)c1ccccc1. The van der Waals surface area contributed by atoms with Crippen LogP contribution in [0.3, 0.4) is 0 Å². The van der Waals surface area contributed by atoms with Crippen LogP contribution >= 0.6 is 0 Å². The first kappa shape index (κ1) is 15.3. The fourth-order valence-corrected chi connectivity index (χ4v) is 2.33. The highest BCUT2D eigenvalue weighted by Crippen LogP contribution is 2.13. The zero-order chi connectivity index (χ0) is 15.2. The van der Waals surface area contributed by atoms with Gasteiger partial charge in [0, 0.05) is 24.8 Å². The van der Waals surface area contributed by atoms with Crippen LogP contribution < -0.4 is 11.1 Å². The molecule has 2 atom stereocenters. The molecule has 1 heterocycles. The molecular formula is C16H21N4O. The van der Waals surface area contributed by atoms with Crippen molar-refractivity contribution in [2.45, 2.75) is 38.9 Å². The number of carbonyl (C=O) groups excluding carboxylic acids is 1. The lowest BCUT2D eigenvalue weighted by atomic mass is 10.1. The van der Waals surface area contributed by atoms with Crippen molar-refractivity contribution in [3.8, 4) is 0 Å². The number of hydrogen-bond donors (Lipinski definition) is 2. The van der Waals surface area contributed by atoms with E-state index in [1.54, 1.807) is 10.8 Å². The van der Waals surface area contributed by atoms with Gasteiger partial charge in [0.05, 0.1) is 0 Å². The number of benzene rings is 1. The highest BCUT2D eigenvalue weighted by Gasteiger charge is 2.12. The lowest BCUT2D eigenvalue weighted by Crippen LogP contribution is -2.30. The Labute approximate surface area is 125 Å². The number of amides is 1. The molecule has 0 saturated heterocycles. The highest BCUT2D eigenvalue weighted by molar-refractivity contribution is 5.89. The van der Waals surface area contributed by atoms with E-state index in [9.17, 15) is 4.79 Å². The fraction of sp³-hybridized carbons (Fsp3) is 0.375. The summed E-state index contributed by atoms with van der Waals surface area (Å²) in [5, 5.41) is 3.55. The Balaban J connectivity index is 1.86. The molecule has 21 heavy (non-hydrogen) atoms. The number of nitrogens with one attached hydrogen (secondary N) is 1. The standard InChI is InChI=1S/C16H21N4O/c1-12(19-13(2)14-6-4-3-5-7-14)8-10-20-11-9-18-16(20)15(17)21/h3-7,11-13,19H,8,10H2,1-2H3,(H2,17,21)/t12?,13-/m0/s1. The zero-order valence-electron chi connectivity index (χ0n) is 12.4. The number of nitrogens with two attached hydrogens (primary N) is 1. The van der Waals surface area contributed by atoms with Crippen molar-refractivity contribution in [1.29, 1.82) is 0 Å². The number of aromatic nitrogens is 2. The third kappa shape index (κ3) is 4.16. The molecule has 0 aliphatic heterocycles. The van der Waals surface area contributed by atoms with E-state index in [0.717, 1.165) is 6.42 Å². The molecule has 0 aliphatic carbocycles. The molecule has 3 N–H and O–H groups in total. The second-order valence-electron chi connectivity index (χ2n) is 5.24. The first-order chi connectivity index (χ1) is 10.1. The van der Waals surface area contributed by atoms with Crippen LogP contribution in [0.15, 0.2) is 36.5 Å². The van der Waals surface area contributed by atoms with E-state index in [0.29, 0.717) is 12.6 Å². The number of nitrogens with zero attached hydrogens (tertiary/aromatic N) is 2. The number of carbonyl (C=O) groups is 1. The summed E-state index contributed by atoms with van der Waals surface area (Å²) in [4.78, 5) is 15.0. The van der Waals surface area contributed by atoms with Crippen molar-refractivity contribution in [3.63, 3.8) is 0 Å². The summed E-state index contributed by atoms with van der Waals surface area (Å²) < 4.78 is 1.74. The van der Waals surface area contributed by atoms with E-state index >= 15 is 0 Å². The second kappa shape index (κ2) is 7.04. The number of aryl methyl sites for hydroxylation is 1. The first-order valence-corrected chi connectivity index (χ1v) is 7.12. The summed E-state index contributed by atoms with van der Waals surface area (Å²) in [5.41, 5.74) is 6.53. The van der Waals surface area contributed by atoms with Gasteiger partial charge >= 0.3 is 0 Å². The predicted molar refractivity (Wildman–Crippen MR) is 81.7 cm³/mol. The molecule has 111 valence electrons. The molecule has 0 fully saturated rings. The molecule has 2 aromatic rings. The summed E-state index contributed by atoms with van der Waals surface area (Å²) in [6, 6.07) is 10.9. The predicted octanol–water partition coefficient (Wildman–Crippen LogP) is 1.91. The molecule has 5 heteroatoms. The summed E-state index contributed by atoms with van der Waals surface area (Å²) in [7, 11) is 0. The largest absolute Gasteiger partial charge is 0.363 e. The van der Waals surface area contributed by atoms with E-state index in [4.69, 9.17) is 5.73 Å². The average Bonchev–Trinajstić information content (AvgIpc) is 2.94. The van der Waals surface area contributed by atoms with Crippen molar-refractivity contribution in [3.05, 3.63) is 54.1 Å². The monoisotopic (exact) mass is 285 g/mol. The Morgan fingerprint density at radius 1 is 1.38 bits per heavy atom. The molecule has 2 rings (SSSR count). The van der Waals surface area contributed by atoms with Gasteiger partial charge < -0.3 is 15.6 Å². The van der Waals surface area contributed by atoms with E-state index in [1.807, 2.05) is 18.2 Å². The molecule has 1 aromatic heterocycles. The van der Waals surface area contributed by atoms with Crippen LogP contribution in [0.2, 0.25) is 0 Å². The molecule has 0 aliphatic rings. The van der Waals surface area contributed by atoms with Crippen LogP contribution in [0.25, 0.3) is 0 Å². The number of rotatable bonds is 7. The summed E-state index contributed by atoms with van der Waals surface area (Å²) in [6.45, 7) is 4.96. The Kier molecular flexibility index (Phi) is 5.11. The number of primary amides is 1. The Hall–Kier alpha value is -2.14. The van der Waals surface area contributed by atoms with Crippen LogP contribution in [-0.2, 0) is 6.54 Å². The van der Waals surface area contributed by atoms with Crippen LogP contribution in [0, 0.1) is 6.20 Å². The maximum absolute atomic E-state index is 11.2. The van der Waals surface area contributed by atoms with Crippen molar-refractivity contribution < 1.29 is 4.79 Å². The minimum Gasteiger partial charge on any atom is -0.363 e. The Bertz CT molecular complexity index is 579. The van der Waals surface area contributed by atoms with Gasteiger partial charge in [-0.05, 0) is 25.8 Å². The lowest BCUT2D eigenvalue weighted by molar-refractivity contribution is 0.0986. The van der Waals surface area contributed by atoms with E-state index in [-0.39, 0.29) is 11.9 Å². The van der Waals surface area contributed by atoms with Crippen LogP contribution in [-0.4, -0.2) is 21.5 Å². The van der Waals surface area contributed by atoms with Gasteiger partial charge in [0.15, 0.2) is 5.82 Å². The smallest absolute Gasteiger partial charge is 0.284 e. The molecule has 0 saturated carbocycles. The van der Waals surface area contributed by atoms with E-state index in [2.05, 4.69) is 42.5 Å². The maximum Gasteiger partial charge on any atom is 0.284 e. The van der Waals surface area contributed by atoms with Crippen molar-refractivity contribution in [2.75, 3.05) is 0 Å². The van der Waals surface area contributed by atoms with Crippen LogP contribution in [0.5, 0.6) is 0 Å².